The number of likely N-dealkylation sites (N-methyl/N-ethyl adjacent to an activating group) is 1. The highest BCUT2D eigenvalue weighted by atomic mass is 19.2. The first-order valence-corrected chi connectivity index (χ1v) is 16.8. The summed E-state index contributed by atoms with van der Waals surface area (Å²) in [5.41, 5.74) is 3.44. The van der Waals surface area contributed by atoms with Gasteiger partial charge in [0.15, 0.2) is 0 Å². The van der Waals surface area contributed by atoms with Gasteiger partial charge in [0.1, 0.15) is 11.6 Å². The quantitative estimate of drug-likeness (QED) is 0.108. The predicted molar refractivity (Wildman–Crippen MR) is 180 cm³/mol. The minimum atomic E-state index is -2.16. The molecule has 3 rings (SSSR count). The van der Waals surface area contributed by atoms with Crippen LogP contribution in [0.4, 0.5) is 8.78 Å². The maximum Gasteiger partial charge on any atom is 0.306 e. The van der Waals surface area contributed by atoms with Gasteiger partial charge in [0.25, 0.3) is 5.91 Å². The molecule has 48 heavy (non-hydrogen) atoms. The Morgan fingerprint density at radius 2 is 1.52 bits per heavy atom. The molecule has 1 atom stereocenters. The largest absolute Gasteiger partial charge is 0.493 e. The molecule has 0 spiro atoms. The maximum absolute atomic E-state index is 16.1. The average molecular weight is 670 g/mol. The van der Waals surface area contributed by atoms with Gasteiger partial charge in [0.2, 0.25) is 5.85 Å². The van der Waals surface area contributed by atoms with Gasteiger partial charge < -0.3 is 23.8 Å². The topological polar surface area (TPSA) is 91.4 Å². The number of ether oxygens (including phenoxy) is 4. The molecule has 0 saturated heterocycles. The number of carbonyl (C=O) groups is 3. The highest BCUT2D eigenvalue weighted by Gasteiger charge is 2.35. The van der Waals surface area contributed by atoms with E-state index in [4.69, 9.17) is 18.9 Å². The van der Waals surface area contributed by atoms with Crippen LogP contribution in [0.2, 0.25) is 0 Å². The fraction of sp³-hybridized carbons (Fsp3) is 0.500. The number of amides is 1. The number of halogens is 2. The minimum Gasteiger partial charge on any atom is -0.493 e. The number of unbranched alkanes of at least 4 members (excludes halogenated alkanes) is 3. The van der Waals surface area contributed by atoms with Crippen LogP contribution in [0.3, 0.4) is 0 Å². The van der Waals surface area contributed by atoms with Crippen LogP contribution >= 0.6 is 0 Å². The molecule has 0 aliphatic heterocycles. The Morgan fingerprint density at radius 3 is 2.21 bits per heavy atom. The lowest BCUT2D eigenvalue weighted by Crippen LogP contribution is -2.32. The van der Waals surface area contributed by atoms with Crippen LogP contribution in [0.15, 0.2) is 60.2 Å². The van der Waals surface area contributed by atoms with Crippen molar-refractivity contribution in [2.24, 2.45) is 0 Å². The van der Waals surface area contributed by atoms with Crippen molar-refractivity contribution in [3.63, 3.8) is 0 Å². The highest BCUT2D eigenvalue weighted by molar-refractivity contribution is 5.99. The zero-order chi connectivity index (χ0) is 34.9. The molecule has 262 valence electrons. The van der Waals surface area contributed by atoms with Gasteiger partial charge in [-0.2, -0.15) is 0 Å². The molecule has 0 N–H and O–H groups in total. The Labute approximate surface area is 283 Å². The molecule has 0 radical (unpaired) electrons. The van der Waals surface area contributed by atoms with Crippen molar-refractivity contribution in [2.75, 3.05) is 40.5 Å². The third kappa shape index (κ3) is 12.5. The smallest absolute Gasteiger partial charge is 0.306 e. The molecule has 0 heterocycles. The fourth-order valence-corrected chi connectivity index (χ4v) is 5.52. The minimum absolute atomic E-state index is 0.0847. The van der Waals surface area contributed by atoms with E-state index < -0.39 is 11.7 Å². The average Bonchev–Trinajstić information content (AvgIpc) is 3.05. The van der Waals surface area contributed by atoms with E-state index in [0.717, 1.165) is 36.8 Å². The van der Waals surface area contributed by atoms with Crippen LogP contribution in [0, 0.1) is 5.82 Å². The van der Waals surface area contributed by atoms with Crippen molar-refractivity contribution in [3.05, 3.63) is 82.7 Å². The van der Waals surface area contributed by atoms with Gasteiger partial charge in [0, 0.05) is 38.9 Å². The third-order valence-electron chi connectivity index (χ3n) is 7.89. The third-order valence-corrected chi connectivity index (χ3v) is 7.89. The number of rotatable bonds is 20. The van der Waals surface area contributed by atoms with Gasteiger partial charge in [-0.3, -0.25) is 14.4 Å². The predicted octanol–water partition coefficient (Wildman–Crippen LogP) is 7.33. The molecule has 8 nitrogen and oxygen atoms in total. The van der Waals surface area contributed by atoms with Crippen LogP contribution in [0.5, 0.6) is 5.75 Å². The Morgan fingerprint density at radius 1 is 0.833 bits per heavy atom. The summed E-state index contributed by atoms with van der Waals surface area (Å²) in [6, 6.07) is 11.6. The summed E-state index contributed by atoms with van der Waals surface area (Å²) in [7, 11) is 3.20. The van der Waals surface area contributed by atoms with Gasteiger partial charge in [-0.25, -0.2) is 8.78 Å². The first-order valence-electron chi connectivity index (χ1n) is 16.8. The first kappa shape index (κ1) is 38.4. The molecule has 2 aromatic rings. The zero-order valence-electron chi connectivity index (χ0n) is 28.7. The summed E-state index contributed by atoms with van der Waals surface area (Å²) in [6.07, 6.45) is 8.28. The van der Waals surface area contributed by atoms with Crippen LogP contribution in [-0.2, 0) is 41.4 Å². The van der Waals surface area contributed by atoms with E-state index in [1.807, 2.05) is 18.2 Å². The molecular weight excluding hydrogens is 620 g/mol. The van der Waals surface area contributed by atoms with Crippen molar-refractivity contribution in [1.82, 2.24) is 4.90 Å². The molecule has 1 aliphatic rings. The number of benzene rings is 2. The molecule has 0 saturated carbocycles. The first-order chi connectivity index (χ1) is 23.0. The van der Waals surface area contributed by atoms with Crippen molar-refractivity contribution >= 4 is 23.4 Å². The van der Waals surface area contributed by atoms with Crippen LogP contribution in [-0.4, -0.2) is 69.1 Å². The summed E-state index contributed by atoms with van der Waals surface area (Å²) < 4.78 is 51.5. The van der Waals surface area contributed by atoms with Gasteiger partial charge in [-0.1, -0.05) is 37.1 Å². The second-order valence-electron chi connectivity index (χ2n) is 11.9. The number of hydrogen-bond acceptors (Lipinski definition) is 7. The Hall–Kier alpha value is -4.05. The lowest BCUT2D eigenvalue weighted by atomic mass is 9.90. The van der Waals surface area contributed by atoms with E-state index in [1.54, 1.807) is 46.2 Å². The zero-order valence-corrected chi connectivity index (χ0v) is 28.7. The molecule has 0 aromatic heterocycles. The van der Waals surface area contributed by atoms with E-state index in [2.05, 4.69) is 0 Å². The molecule has 0 fully saturated rings. The van der Waals surface area contributed by atoms with E-state index in [-0.39, 0.29) is 49.3 Å². The number of hydrogen-bond donors (Lipinski definition) is 0. The summed E-state index contributed by atoms with van der Waals surface area (Å²) in [6.45, 7) is 4.74. The van der Waals surface area contributed by atoms with Crippen LogP contribution in [0.25, 0.3) is 5.57 Å². The molecule has 10 heteroatoms. The second kappa shape index (κ2) is 19.7. The maximum atomic E-state index is 16.1. The number of alkyl halides is 1. The lowest BCUT2D eigenvalue weighted by molar-refractivity contribution is -0.144. The van der Waals surface area contributed by atoms with E-state index in [1.165, 1.54) is 23.1 Å². The molecule has 1 aliphatic carbocycles. The summed E-state index contributed by atoms with van der Waals surface area (Å²) in [5.74, 6) is -2.72. The standard InChI is InChI=1S/C38H49F2NO7/c1-5-45-35(42)16-12-23-47-34-15-11-14-29(33(34)21-22-36(43)46-6-2)13-9-7-8-10-24-48-38(40)26-30(28-17-19-32(39)20-18-28)25-31(27-38)37(44)41(3)4/h11,14-15,17-20,25,27H,5-10,12-13,16,21-24,26H2,1-4H3. The van der Waals surface area contributed by atoms with Gasteiger partial charge in [-0.15, -0.1) is 0 Å². The Balaban J connectivity index is 1.54. The summed E-state index contributed by atoms with van der Waals surface area (Å²) >= 11 is 0. The van der Waals surface area contributed by atoms with Crippen molar-refractivity contribution in [1.29, 1.82) is 0 Å². The number of esters is 2. The Kier molecular flexibility index (Phi) is 15.8. The molecular formula is C38H49F2NO7. The normalized spacial score (nSPS) is 15.7. The number of aryl methyl sites for hydroxylation is 1. The summed E-state index contributed by atoms with van der Waals surface area (Å²) in [5, 5.41) is 0. The van der Waals surface area contributed by atoms with E-state index in [9.17, 15) is 18.8 Å². The van der Waals surface area contributed by atoms with Crippen LogP contribution in [0.1, 0.15) is 81.9 Å². The molecule has 1 unspecified atom stereocenters. The van der Waals surface area contributed by atoms with Gasteiger partial charge in [0.05, 0.1) is 26.4 Å². The van der Waals surface area contributed by atoms with E-state index in [0.29, 0.717) is 56.0 Å². The fourth-order valence-electron chi connectivity index (χ4n) is 5.52. The molecule has 2 aromatic carbocycles. The highest BCUT2D eigenvalue weighted by Crippen LogP contribution is 2.37. The van der Waals surface area contributed by atoms with E-state index >= 15 is 4.39 Å². The lowest BCUT2D eigenvalue weighted by Gasteiger charge is -2.29. The number of carbonyl (C=O) groups excluding carboxylic acids is 3. The number of nitrogens with zero attached hydrogens (tertiary/aromatic N) is 1. The molecule has 1 amide bonds. The SMILES string of the molecule is CCOC(=O)CCCOc1cccc(CCCCCCOC2(F)C=C(C(=O)N(C)C)C=C(c3ccc(F)cc3)C2)c1CCC(=O)OCC. The monoisotopic (exact) mass is 669 g/mol. The van der Waals surface area contributed by atoms with Crippen LogP contribution < -0.4 is 4.74 Å². The molecule has 0 bridgehead atoms. The van der Waals surface area contributed by atoms with Gasteiger partial charge >= 0.3 is 11.9 Å². The Bertz CT molecular complexity index is 1420. The van der Waals surface area contributed by atoms with Crippen molar-refractivity contribution in [2.45, 2.75) is 83.9 Å². The second-order valence-corrected chi connectivity index (χ2v) is 11.9. The van der Waals surface area contributed by atoms with Crippen molar-refractivity contribution < 1.29 is 42.1 Å². The van der Waals surface area contributed by atoms with Crippen molar-refractivity contribution in [3.8, 4) is 5.75 Å². The van der Waals surface area contributed by atoms with Gasteiger partial charge in [-0.05, 0) is 98.6 Å². The summed E-state index contributed by atoms with van der Waals surface area (Å²) in [4.78, 5) is 37.9.